The first-order chi connectivity index (χ1) is 7.10. The molecule has 0 unspecified atom stereocenters. The Balaban J connectivity index is 3.28. The smallest absolute Gasteiger partial charge is 0.332 e. The van der Waals surface area contributed by atoms with E-state index in [-0.39, 0.29) is 23.1 Å². The molecular weight excluding hydrogens is 200 g/mol. The number of rotatable bonds is 4. The SMILES string of the molecule is CCNc1nc(NN)nc(C)c1[N+](=O)[O-]. The summed E-state index contributed by atoms with van der Waals surface area (Å²) in [6.07, 6.45) is 0. The molecule has 0 spiro atoms. The van der Waals surface area contributed by atoms with Gasteiger partial charge in [0.05, 0.1) is 4.92 Å². The van der Waals surface area contributed by atoms with Crippen LogP contribution in [0.1, 0.15) is 12.6 Å². The van der Waals surface area contributed by atoms with Crippen LogP contribution in [0.2, 0.25) is 0 Å². The van der Waals surface area contributed by atoms with Crippen molar-refractivity contribution in [3.8, 4) is 0 Å². The standard InChI is InChI=1S/C7H12N6O2/c1-3-9-6-5(13(14)15)4(2)10-7(11-6)12-8/h3,8H2,1-2H3,(H2,9,10,11,12). The fourth-order valence-electron chi connectivity index (χ4n) is 1.14. The Hall–Kier alpha value is -1.96. The third-order valence-electron chi connectivity index (χ3n) is 1.71. The first kappa shape index (κ1) is 11.1. The van der Waals surface area contributed by atoms with Crippen LogP contribution in [0.25, 0.3) is 0 Å². The van der Waals surface area contributed by atoms with Crippen molar-refractivity contribution in [2.45, 2.75) is 13.8 Å². The quantitative estimate of drug-likeness (QED) is 0.375. The fraction of sp³-hybridized carbons (Fsp3) is 0.429. The maximum absolute atomic E-state index is 10.8. The summed E-state index contributed by atoms with van der Waals surface area (Å²) in [4.78, 5) is 17.9. The predicted octanol–water partition coefficient (Wildman–Crippen LogP) is 0.411. The van der Waals surface area contributed by atoms with Gasteiger partial charge in [0.2, 0.25) is 11.8 Å². The van der Waals surface area contributed by atoms with Gasteiger partial charge in [-0.15, -0.1) is 0 Å². The third-order valence-corrected chi connectivity index (χ3v) is 1.71. The fourth-order valence-corrected chi connectivity index (χ4v) is 1.14. The van der Waals surface area contributed by atoms with E-state index < -0.39 is 4.92 Å². The van der Waals surface area contributed by atoms with Crippen molar-refractivity contribution in [1.82, 2.24) is 9.97 Å². The average molecular weight is 212 g/mol. The largest absolute Gasteiger partial charge is 0.364 e. The van der Waals surface area contributed by atoms with Crippen LogP contribution in [0.5, 0.6) is 0 Å². The summed E-state index contributed by atoms with van der Waals surface area (Å²) >= 11 is 0. The summed E-state index contributed by atoms with van der Waals surface area (Å²) < 4.78 is 0. The average Bonchev–Trinajstić information content (AvgIpc) is 2.16. The van der Waals surface area contributed by atoms with Gasteiger partial charge in [-0.3, -0.25) is 15.5 Å². The number of hydrogen-bond acceptors (Lipinski definition) is 7. The van der Waals surface area contributed by atoms with E-state index in [0.717, 1.165) is 0 Å². The lowest BCUT2D eigenvalue weighted by Crippen LogP contribution is -2.14. The lowest BCUT2D eigenvalue weighted by Gasteiger charge is -2.07. The van der Waals surface area contributed by atoms with Gasteiger partial charge in [-0.05, 0) is 13.8 Å². The number of nitrogen functional groups attached to an aromatic ring is 1. The normalized spacial score (nSPS) is 9.80. The van der Waals surface area contributed by atoms with Crippen LogP contribution in [0.3, 0.4) is 0 Å². The van der Waals surface area contributed by atoms with Crippen LogP contribution in [0, 0.1) is 17.0 Å². The van der Waals surface area contributed by atoms with E-state index in [1.54, 1.807) is 0 Å². The molecule has 82 valence electrons. The second-order valence-electron chi connectivity index (χ2n) is 2.76. The van der Waals surface area contributed by atoms with E-state index in [0.29, 0.717) is 6.54 Å². The van der Waals surface area contributed by atoms with Gasteiger partial charge in [0.25, 0.3) is 0 Å². The maximum atomic E-state index is 10.8. The molecule has 8 heteroatoms. The molecule has 8 nitrogen and oxygen atoms in total. The first-order valence-corrected chi connectivity index (χ1v) is 4.33. The molecule has 1 rings (SSSR count). The van der Waals surface area contributed by atoms with Gasteiger partial charge in [-0.2, -0.15) is 4.98 Å². The highest BCUT2D eigenvalue weighted by Gasteiger charge is 2.21. The molecule has 0 aliphatic rings. The number of aromatic nitrogens is 2. The van der Waals surface area contributed by atoms with E-state index in [9.17, 15) is 10.1 Å². The lowest BCUT2D eigenvalue weighted by molar-refractivity contribution is -0.385. The molecule has 0 fully saturated rings. The highest BCUT2D eigenvalue weighted by atomic mass is 16.6. The molecule has 1 aromatic rings. The molecule has 0 radical (unpaired) electrons. The zero-order valence-corrected chi connectivity index (χ0v) is 8.44. The Morgan fingerprint density at radius 2 is 2.20 bits per heavy atom. The highest BCUT2D eigenvalue weighted by Crippen LogP contribution is 2.25. The second kappa shape index (κ2) is 4.51. The van der Waals surface area contributed by atoms with Gasteiger partial charge in [-0.1, -0.05) is 0 Å². The molecule has 0 saturated carbocycles. The number of nitro groups is 1. The maximum Gasteiger partial charge on any atom is 0.332 e. The summed E-state index contributed by atoms with van der Waals surface area (Å²) in [5.74, 6) is 5.45. The molecule has 15 heavy (non-hydrogen) atoms. The van der Waals surface area contributed by atoms with Crippen LogP contribution < -0.4 is 16.6 Å². The number of anilines is 2. The van der Waals surface area contributed by atoms with Crippen molar-refractivity contribution < 1.29 is 4.92 Å². The van der Waals surface area contributed by atoms with Crippen LogP contribution in [-0.4, -0.2) is 21.4 Å². The molecule has 0 aromatic carbocycles. The predicted molar refractivity (Wildman–Crippen MR) is 55.4 cm³/mol. The molecule has 1 heterocycles. The highest BCUT2D eigenvalue weighted by molar-refractivity contribution is 5.60. The van der Waals surface area contributed by atoms with Crippen LogP contribution in [0.15, 0.2) is 0 Å². The Bertz CT molecular complexity index is 380. The number of aryl methyl sites for hydroxylation is 1. The van der Waals surface area contributed by atoms with Gasteiger partial charge in [0.1, 0.15) is 5.69 Å². The number of nitrogens with one attached hydrogen (secondary N) is 2. The van der Waals surface area contributed by atoms with Gasteiger partial charge in [0, 0.05) is 6.54 Å². The van der Waals surface area contributed by atoms with Crippen LogP contribution in [-0.2, 0) is 0 Å². The van der Waals surface area contributed by atoms with Crippen molar-refractivity contribution in [2.75, 3.05) is 17.3 Å². The van der Waals surface area contributed by atoms with E-state index in [1.165, 1.54) is 6.92 Å². The minimum Gasteiger partial charge on any atom is -0.364 e. The molecule has 0 bridgehead atoms. The molecule has 0 aliphatic heterocycles. The first-order valence-electron chi connectivity index (χ1n) is 4.33. The summed E-state index contributed by atoms with van der Waals surface area (Å²) in [5, 5.41) is 13.5. The molecule has 1 aromatic heterocycles. The van der Waals surface area contributed by atoms with Gasteiger partial charge < -0.3 is 5.32 Å². The summed E-state index contributed by atoms with van der Waals surface area (Å²) in [6.45, 7) is 3.87. The number of nitrogens with zero attached hydrogens (tertiary/aromatic N) is 3. The van der Waals surface area contributed by atoms with Crippen molar-refractivity contribution in [2.24, 2.45) is 5.84 Å². The monoisotopic (exact) mass is 212 g/mol. The Morgan fingerprint density at radius 1 is 1.53 bits per heavy atom. The Labute approximate surface area is 86.0 Å². The van der Waals surface area contributed by atoms with Gasteiger partial charge in [0.15, 0.2) is 0 Å². The number of nitrogens with two attached hydrogens (primary N) is 1. The molecule has 0 saturated heterocycles. The molecular formula is C7H12N6O2. The minimum absolute atomic E-state index is 0.129. The summed E-state index contributed by atoms with van der Waals surface area (Å²) in [7, 11) is 0. The van der Waals surface area contributed by atoms with Crippen LogP contribution in [0.4, 0.5) is 17.5 Å². The van der Waals surface area contributed by atoms with Crippen molar-refractivity contribution in [3.05, 3.63) is 15.8 Å². The van der Waals surface area contributed by atoms with Crippen molar-refractivity contribution >= 4 is 17.5 Å². The Morgan fingerprint density at radius 3 is 2.67 bits per heavy atom. The lowest BCUT2D eigenvalue weighted by atomic mass is 10.3. The zero-order chi connectivity index (χ0) is 11.4. The topological polar surface area (TPSA) is 119 Å². The van der Waals surface area contributed by atoms with E-state index in [1.807, 2.05) is 6.92 Å². The van der Waals surface area contributed by atoms with Crippen molar-refractivity contribution in [3.63, 3.8) is 0 Å². The molecule has 0 atom stereocenters. The summed E-state index contributed by atoms with van der Waals surface area (Å²) in [6, 6.07) is 0. The van der Waals surface area contributed by atoms with E-state index in [4.69, 9.17) is 5.84 Å². The van der Waals surface area contributed by atoms with E-state index >= 15 is 0 Å². The Kier molecular flexibility index (Phi) is 3.34. The molecule has 4 N–H and O–H groups in total. The number of hydrazine groups is 1. The minimum atomic E-state index is -0.520. The second-order valence-corrected chi connectivity index (χ2v) is 2.76. The van der Waals surface area contributed by atoms with E-state index in [2.05, 4.69) is 20.7 Å². The molecule has 0 aliphatic carbocycles. The van der Waals surface area contributed by atoms with Crippen molar-refractivity contribution in [1.29, 1.82) is 0 Å². The zero-order valence-electron chi connectivity index (χ0n) is 8.44. The third kappa shape index (κ3) is 2.29. The van der Waals surface area contributed by atoms with Gasteiger partial charge >= 0.3 is 5.69 Å². The number of hydrogen-bond donors (Lipinski definition) is 3. The van der Waals surface area contributed by atoms with Crippen LogP contribution >= 0.6 is 0 Å². The molecule has 0 amide bonds. The van der Waals surface area contributed by atoms with Gasteiger partial charge in [-0.25, -0.2) is 10.8 Å². The summed E-state index contributed by atoms with van der Waals surface area (Å²) in [5.41, 5.74) is 2.38.